The highest BCUT2D eigenvalue weighted by Crippen LogP contribution is 2.26. The fraction of sp³-hybridized carbons (Fsp3) is 0.292. The summed E-state index contributed by atoms with van der Waals surface area (Å²) in [5.41, 5.74) is 3.04. The Morgan fingerprint density at radius 2 is 1.91 bits per heavy atom. The van der Waals surface area contributed by atoms with Crippen molar-refractivity contribution in [3.8, 4) is 5.75 Å². The van der Waals surface area contributed by atoms with Crippen molar-refractivity contribution in [2.75, 3.05) is 10.6 Å². The molecule has 33 heavy (non-hydrogen) atoms. The highest BCUT2D eigenvalue weighted by atomic mass is 35.5. The van der Waals surface area contributed by atoms with Crippen LogP contribution in [0.3, 0.4) is 0 Å². The van der Waals surface area contributed by atoms with Crippen molar-refractivity contribution in [3.63, 3.8) is 0 Å². The molecule has 0 fully saturated rings. The molecule has 2 heterocycles. The van der Waals surface area contributed by atoms with Crippen LogP contribution in [0.25, 0.3) is 11.2 Å². The normalized spacial score (nSPS) is 13.1. The van der Waals surface area contributed by atoms with Crippen LogP contribution in [0.2, 0.25) is 5.02 Å². The Kier molecular flexibility index (Phi) is 6.96. The number of aromatic hydroxyl groups is 1. The van der Waals surface area contributed by atoms with E-state index in [2.05, 4.69) is 20.6 Å². The van der Waals surface area contributed by atoms with Gasteiger partial charge in [0.2, 0.25) is 5.95 Å². The standard InChI is InChI=1S/C24H27ClN6O2/c1-3-19(15(2)32)28-24-29-22(26-12-17-11-18(25)9-10-20(17)33)21-23(30-24)31(14-27-21)13-16-7-5-4-6-8-16/h4-11,14-15,19,32-33H,3,12-13H2,1-2H3,(H2,26,28,29,30). The SMILES string of the molecule is CCC(Nc1nc(NCc2cc(Cl)ccc2O)c2ncn(Cc3ccccc3)c2n1)C(C)O. The number of aliphatic hydroxyl groups excluding tert-OH is 1. The van der Waals surface area contributed by atoms with E-state index in [1.165, 1.54) is 0 Å². The monoisotopic (exact) mass is 466 g/mol. The maximum absolute atomic E-state index is 10.2. The summed E-state index contributed by atoms with van der Waals surface area (Å²) in [5, 5.41) is 27.3. The number of imidazole rings is 1. The van der Waals surface area contributed by atoms with Gasteiger partial charge in [-0.25, -0.2) is 4.98 Å². The van der Waals surface area contributed by atoms with Gasteiger partial charge in [0.05, 0.1) is 25.0 Å². The van der Waals surface area contributed by atoms with Crippen LogP contribution in [0.15, 0.2) is 54.9 Å². The summed E-state index contributed by atoms with van der Waals surface area (Å²) < 4.78 is 1.96. The van der Waals surface area contributed by atoms with Crippen molar-refractivity contribution >= 4 is 34.5 Å². The van der Waals surface area contributed by atoms with E-state index >= 15 is 0 Å². The minimum atomic E-state index is -0.566. The molecule has 4 aromatic rings. The van der Waals surface area contributed by atoms with E-state index < -0.39 is 6.10 Å². The van der Waals surface area contributed by atoms with E-state index in [0.29, 0.717) is 53.0 Å². The summed E-state index contributed by atoms with van der Waals surface area (Å²) in [4.78, 5) is 13.9. The lowest BCUT2D eigenvalue weighted by Gasteiger charge is -2.20. The third-order valence-electron chi connectivity index (χ3n) is 5.48. The lowest BCUT2D eigenvalue weighted by atomic mass is 10.1. The number of nitrogens with zero attached hydrogens (tertiary/aromatic N) is 4. The number of nitrogens with one attached hydrogen (secondary N) is 2. The van der Waals surface area contributed by atoms with Gasteiger partial charge in [0, 0.05) is 17.1 Å². The number of hydrogen-bond acceptors (Lipinski definition) is 7. The van der Waals surface area contributed by atoms with Crippen molar-refractivity contribution in [2.45, 2.75) is 45.5 Å². The number of phenolic OH excluding ortho intramolecular Hbond substituents is 1. The van der Waals surface area contributed by atoms with Gasteiger partial charge in [-0.2, -0.15) is 9.97 Å². The van der Waals surface area contributed by atoms with Crippen molar-refractivity contribution in [2.24, 2.45) is 0 Å². The predicted molar refractivity (Wildman–Crippen MR) is 131 cm³/mol. The summed E-state index contributed by atoms with van der Waals surface area (Å²) in [5.74, 6) is 1.06. The Hall–Kier alpha value is -3.36. The van der Waals surface area contributed by atoms with Gasteiger partial charge in [-0.3, -0.25) is 0 Å². The molecule has 9 heteroatoms. The second-order valence-electron chi connectivity index (χ2n) is 7.95. The first-order chi connectivity index (χ1) is 15.9. The second kappa shape index (κ2) is 10.1. The van der Waals surface area contributed by atoms with Gasteiger partial charge >= 0.3 is 0 Å². The largest absolute Gasteiger partial charge is 0.508 e. The first kappa shape index (κ1) is 22.8. The molecule has 4 N–H and O–H groups in total. The summed E-state index contributed by atoms with van der Waals surface area (Å²) in [7, 11) is 0. The van der Waals surface area contributed by atoms with Crippen LogP contribution in [-0.4, -0.2) is 41.9 Å². The van der Waals surface area contributed by atoms with E-state index in [-0.39, 0.29) is 11.8 Å². The van der Waals surface area contributed by atoms with Gasteiger partial charge < -0.3 is 25.4 Å². The number of fused-ring (bicyclic) bond motifs is 1. The van der Waals surface area contributed by atoms with Crippen molar-refractivity contribution in [3.05, 3.63) is 71.0 Å². The first-order valence-electron chi connectivity index (χ1n) is 10.9. The van der Waals surface area contributed by atoms with Gasteiger partial charge in [-0.05, 0) is 37.1 Å². The van der Waals surface area contributed by atoms with E-state index in [4.69, 9.17) is 16.6 Å². The molecule has 4 rings (SSSR count). The topological polar surface area (TPSA) is 108 Å². The highest BCUT2D eigenvalue weighted by Gasteiger charge is 2.18. The molecule has 2 aromatic heterocycles. The van der Waals surface area contributed by atoms with Crippen LogP contribution >= 0.6 is 11.6 Å². The second-order valence-corrected chi connectivity index (χ2v) is 8.39. The molecule has 0 aliphatic rings. The molecule has 2 unspecified atom stereocenters. The summed E-state index contributed by atoms with van der Waals surface area (Å²) in [6.07, 6.45) is 1.88. The lowest BCUT2D eigenvalue weighted by molar-refractivity contribution is 0.169. The molecule has 0 amide bonds. The van der Waals surface area contributed by atoms with Gasteiger partial charge in [0.1, 0.15) is 5.75 Å². The zero-order chi connectivity index (χ0) is 23.4. The predicted octanol–water partition coefficient (Wildman–Crippen LogP) is 4.42. The average Bonchev–Trinajstić information content (AvgIpc) is 3.21. The summed E-state index contributed by atoms with van der Waals surface area (Å²) in [6.45, 7) is 4.64. The van der Waals surface area contributed by atoms with Crippen molar-refractivity contribution < 1.29 is 10.2 Å². The molecule has 0 spiro atoms. The molecule has 0 aliphatic carbocycles. The van der Waals surface area contributed by atoms with Crippen LogP contribution < -0.4 is 10.6 Å². The van der Waals surface area contributed by atoms with E-state index in [1.807, 2.05) is 41.8 Å². The fourth-order valence-electron chi connectivity index (χ4n) is 3.63. The third kappa shape index (κ3) is 5.35. The zero-order valence-corrected chi connectivity index (χ0v) is 19.3. The van der Waals surface area contributed by atoms with E-state index in [1.54, 1.807) is 31.5 Å². The van der Waals surface area contributed by atoms with E-state index in [9.17, 15) is 10.2 Å². The Morgan fingerprint density at radius 1 is 1.12 bits per heavy atom. The zero-order valence-electron chi connectivity index (χ0n) is 18.5. The maximum Gasteiger partial charge on any atom is 0.227 e. The number of halogens is 1. The van der Waals surface area contributed by atoms with Crippen molar-refractivity contribution in [1.82, 2.24) is 19.5 Å². The minimum Gasteiger partial charge on any atom is -0.508 e. The molecule has 172 valence electrons. The summed E-state index contributed by atoms with van der Waals surface area (Å²) >= 11 is 6.09. The molecular formula is C24H27ClN6O2. The van der Waals surface area contributed by atoms with Crippen LogP contribution in [0.5, 0.6) is 5.75 Å². The molecule has 0 saturated carbocycles. The number of benzene rings is 2. The molecule has 8 nitrogen and oxygen atoms in total. The minimum absolute atomic E-state index is 0.144. The number of aliphatic hydroxyl groups is 1. The quantitative estimate of drug-likeness (QED) is 0.289. The third-order valence-corrected chi connectivity index (χ3v) is 5.72. The van der Waals surface area contributed by atoms with Crippen LogP contribution in [0.4, 0.5) is 11.8 Å². The fourth-order valence-corrected chi connectivity index (χ4v) is 3.83. The van der Waals surface area contributed by atoms with E-state index in [0.717, 1.165) is 5.56 Å². The lowest BCUT2D eigenvalue weighted by Crippen LogP contribution is -2.31. The first-order valence-corrected chi connectivity index (χ1v) is 11.2. The number of rotatable bonds is 9. The Bertz CT molecular complexity index is 1230. The molecule has 2 aromatic carbocycles. The Labute approximate surface area is 197 Å². The number of phenols is 1. The molecule has 0 bridgehead atoms. The molecule has 0 aliphatic heterocycles. The van der Waals surface area contributed by atoms with Crippen molar-refractivity contribution in [1.29, 1.82) is 0 Å². The van der Waals surface area contributed by atoms with Gasteiger partial charge in [-0.15, -0.1) is 0 Å². The number of anilines is 2. The molecular weight excluding hydrogens is 440 g/mol. The molecule has 2 atom stereocenters. The number of aromatic nitrogens is 4. The molecule has 0 saturated heterocycles. The van der Waals surface area contributed by atoms with Crippen LogP contribution in [0.1, 0.15) is 31.4 Å². The Balaban J connectivity index is 1.71. The summed E-state index contributed by atoms with van der Waals surface area (Å²) in [6, 6.07) is 14.8. The number of hydrogen-bond donors (Lipinski definition) is 4. The van der Waals surface area contributed by atoms with Gasteiger partial charge in [0.25, 0.3) is 0 Å². The average molecular weight is 467 g/mol. The van der Waals surface area contributed by atoms with Gasteiger partial charge in [-0.1, -0.05) is 48.9 Å². The van der Waals surface area contributed by atoms with Crippen LogP contribution in [-0.2, 0) is 13.1 Å². The van der Waals surface area contributed by atoms with Crippen LogP contribution in [0, 0.1) is 0 Å². The molecule has 0 radical (unpaired) electrons. The smallest absolute Gasteiger partial charge is 0.227 e. The van der Waals surface area contributed by atoms with Gasteiger partial charge in [0.15, 0.2) is 17.0 Å². The highest BCUT2D eigenvalue weighted by molar-refractivity contribution is 6.30. The Morgan fingerprint density at radius 3 is 2.64 bits per heavy atom. The maximum atomic E-state index is 10.2.